The number of hydrogen-bond acceptors (Lipinski definition) is 5. The van der Waals surface area contributed by atoms with E-state index in [0.717, 1.165) is 11.3 Å². The summed E-state index contributed by atoms with van der Waals surface area (Å²) in [5.41, 5.74) is 0. The molecule has 0 radical (unpaired) electrons. The van der Waals surface area contributed by atoms with Gasteiger partial charge in [-0.05, 0) is 27.4 Å². The number of methoxy groups -OCH3 is 1. The van der Waals surface area contributed by atoms with Gasteiger partial charge in [-0.15, -0.1) is 11.3 Å². The molecule has 0 bridgehead atoms. The molecule has 0 aliphatic rings. The van der Waals surface area contributed by atoms with E-state index in [1.807, 2.05) is 0 Å². The number of carbonyl (C=O) groups is 1. The Hall–Kier alpha value is -0.480. The van der Waals surface area contributed by atoms with Crippen LogP contribution in [0.5, 0.6) is 0 Å². The zero-order chi connectivity index (χ0) is 13.1. The van der Waals surface area contributed by atoms with Crippen LogP contribution in [0, 0.1) is 0 Å². The largest absolute Gasteiger partial charge is 0.479 e. The topological polar surface area (TPSA) is 92.7 Å². The van der Waals surface area contributed by atoms with Crippen molar-refractivity contribution < 1.29 is 23.1 Å². The fourth-order valence-corrected chi connectivity index (χ4v) is 4.41. The second-order valence-electron chi connectivity index (χ2n) is 2.97. The fraction of sp³-hybridized carbons (Fsp3) is 0.375. The second-order valence-corrected chi connectivity index (χ2v) is 6.70. The highest BCUT2D eigenvalue weighted by molar-refractivity contribution is 9.10. The quantitative estimate of drug-likeness (QED) is 0.800. The van der Waals surface area contributed by atoms with Crippen LogP contribution in [0.4, 0.5) is 0 Å². The molecule has 1 rings (SSSR count). The third kappa shape index (κ3) is 3.75. The van der Waals surface area contributed by atoms with Gasteiger partial charge in [0.1, 0.15) is 4.21 Å². The number of rotatable bonds is 6. The van der Waals surface area contributed by atoms with Gasteiger partial charge in [-0.3, -0.25) is 0 Å². The van der Waals surface area contributed by atoms with E-state index in [-0.39, 0.29) is 10.8 Å². The number of thiophene rings is 1. The lowest BCUT2D eigenvalue weighted by Crippen LogP contribution is -2.37. The molecular weight excluding hydrogens is 334 g/mol. The summed E-state index contributed by atoms with van der Waals surface area (Å²) in [6.45, 7) is -0.321. The van der Waals surface area contributed by atoms with Gasteiger partial charge in [-0.1, -0.05) is 0 Å². The number of halogens is 1. The van der Waals surface area contributed by atoms with Crippen LogP contribution >= 0.6 is 27.3 Å². The van der Waals surface area contributed by atoms with Crippen molar-refractivity contribution in [3.63, 3.8) is 0 Å². The molecule has 0 fully saturated rings. The minimum Gasteiger partial charge on any atom is -0.479 e. The molecule has 1 heterocycles. The van der Waals surface area contributed by atoms with Crippen LogP contribution in [-0.4, -0.2) is 39.3 Å². The summed E-state index contributed by atoms with van der Waals surface area (Å²) >= 11 is 4.14. The molecule has 2 N–H and O–H groups in total. The molecular formula is C8H10BrNO5S2. The zero-order valence-corrected chi connectivity index (χ0v) is 11.9. The predicted molar refractivity (Wildman–Crippen MR) is 65.6 cm³/mol. The Labute approximate surface area is 111 Å². The number of sulfonamides is 1. The van der Waals surface area contributed by atoms with E-state index in [4.69, 9.17) is 5.11 Å². The molecule has 96 valence electrons. The van der Waals surface area contributed by atoms with E-state index >= 15 is 0 Å². The standard InChI is InChI=1S/C8H10BrNO5S2/c1-15-6(7(11)12)4-10-17(13,14)8-5(9)2-3-16-8/h2-3,6,10H,4H2,1H3,(H,11,12). The number of aliphatic carboxylic acids is 1. The maximum absolute atomic E-state index is 11.8. The van der Waals surface area contributed by atoms with Gasteiger partial charge in [0.05, 0.1) is 0 Å². The first-order valence-corrected chi connectivity index (χ1v) is 7.52. The summed E-state index contributed by atoms with van der Waals surface area (Å²) in [6, 6.07) is 1.60. The Kier molecular flexibility index (Phi) is 5.07. The molecule has 0 aromatic carbocycles. The molecule has 6 nitrogen and oxygen atoms in total. The summed E-state index contributed by atoms with van der Waals surface area (Å²) in [6.07, 6.45) is -1.21. The minimum atomic E-state index is -3.71. The second kappa shape index (κ2) is 5.91. The lowest BCUT2D eigenvalue weighted by Gasteiger charge is -2.11. The van der Waals surface area contributed by atoms with Crippen LogP contribution < -0.4 is 4.72 Å². The van der Waals surface area contributed by atoms with Crippen molar-refractivity contribution in [2.45, 2.75) is 10.3 Å². The first-order valence-electron chi connectivity index (χ1n) is 4.36. The highest BCUT2D eigenvalue weighted by Gasteiger charge is 2.23. The van der Waals surface area contributed by atoms with Gasteiger partial charge in [0.25, 0.3) is 10.0 Å². The molecule has 9 heteroatoms. The molecule has 0 amide bonds. The first kappa shape index (κ1) is 14.6. The van der Waals surface area contributed by atoms with Crippen LogP contribution in [-0.2, 0) is 19.6 Å². The van der Waals surface area contributed by atoms with Crippen LogP contribution in [0.2, 0.25) is 0 Å². The minimum absolute atomic E-state index is 0.109. The van der Waals surface area contributed by atoms with Gasteiger partial charge in [0, 0.05) is 18.1 Å². The van der Waals surface area contributed by atoms with Crippen LogP contribution in [0.1, 0.15) is 0 Å². The predicted octanol–water partition coefficient (Wildman–Crippen LogP) is 0.889. The van der Waals surface area contributed by atoms with Crippen LogP contribution in [0.15, 0.2) is 20.1 Å². The number of carboxylic acid groups (broad SMARTS) is 1. The van der Waals surface area contributed by atoms with Gasteiger partial charge in [0.15, 0.2) is 6.10 Å². The molecule has 0 aliphatic carbocycles. The van der Waals surface area contributed by atoms with Crippen molar-refractivity contribution in [1.29, 1.82) is 0 Å². The highest BCUT2D eigenvalue weighted by Crippen LogP contribution is 2.27. The monoisotopic (exact) mass is 343 g/mol. The van der Waals surface area contributed by atoms with E-state index in [1.165, 1.54) is 7.11 Å². The summed E-state index contributed by atoms with van der Waals surface area (Å²) < 4.78 is 30.9. The average molecular weight is 344 g/mol. The number of hydrogen-bond donors (Lipinski definition) is 2. The number of ether oxygens (including phenoxy) is 1. The molecule has 0 saturated carbocycles. The van der Waals surface area contributed by atoms with E-state index in [9.17, 15) is 13.2 Å². The van der Waals surface area contributed by atoms with E-state index in [2.05, 4.69) is 25.4 Å². The molecule has 1 aromatic heterocycles. The Balaban J connectivity index is 2.75. The van der Waals surface area contributed by atoms with Gasteiger partial charge in [-0.25, -0.2) is 17.9 Å². The Morgan fingerprint density at radius 2 is 2.35 bits per heavy atom. The van der Waals surface area contributed by atoms with Gasteiger partial charge < -0.3 is 9.84 Å². The van der Waals surface area contributed by atoms with E-state index < -0.39 is 22.1 Å². The van der Waals surface area contributed by atoms with Gasteiger partial charge >= 0.3 is 5.97 Å². The summed E-state index contributed by atoms with van der Waals surface area (Å²) in [5.74, 6) is -1.22. The summed E-state index contributed by atoms with van der Waals surface area (Å²) in [5, 5.41) is 10.3. The SMILES string of the molecule is COC(CNS(=O)(=O)c1sccc1Br)C(=O)O. The third-order valence-electron chi connectivity index (χ3n) is 1.85. The van der Waals surface area contributed by atoms with Crippen molar-refractivity contribution in [2.75, 3.05) is 13.7 Å². The lowest BCUT2D eigenvalue weighted by atomic mass is 10.4. The molecule has 0 saturated heterocycles. The smallest absolute Gasteiger partial charge is 0.334 e. The number of nitrogens with one attached hydrogen (secondary N) is 1. The zero-order valence-electron chi connectivity index (χ0n) is 8.71. The van der Waals surface area contributed by atoms with Crippen LogP contribution in [0.3, 0.4) is 0 Å². The molecule has 1 unspecified atom stereocenters. The lowest BCUT2D eigenvalue weighted by molar-refractivity contribution is -0.147. The molecule has 1 aromatic rings. The normalized spacial score (nSPS) is 13.5. The maximum atomic E-state index is 11.8. The van der Waals surface area contributed by atoms with Crippen LogP contribution in [0.25, 0.3) is 0 Å². The van der Waals surface area contributed by atoms with Gasteiger partial charge in [0.2, 0.25) is 0 Å². The third-order valence-corrected chi connectivity index (χ3v) is 5.94. The van der Waals surface area contributed by atoms with E-state index in [0.29, 0.717) is 4.47 Å². The number of carboxylic acids is 1. The molecule has 0 spiro atoms. The Bertz CT molecular complexity index is 498. The highest BCUT2D eigenvalue weighted by atomic mass is 79.9. The Morgan fingerprint density at radius 3 is 2.76 bits per heavy atom. The Morgan fingerprint density at radius 1 is 1.71 bits per heavy atom. The first-order chi connectivity index (χ1) is 7.88. The van der Waals surface area contributed by atoms with Crippen molar-refractivity contribution in [1.82, 2.24) is 4.72 Å². The summed E-state index contributed by atoms with van der Waals surface area (Å²) in [7, 11) is -2.51. The molecule has 17 heavy (non-hydrogen) atoms. The van der Waals surface area contributed by atoms with E-state index in [1.54, 1.807) is 11.4 Å². The van der Waals surface area contributed by atoms with Crippen molar-refractivity contribution in [2.24, 2.45) is 0 Å². The molecule has 0 aliphatic heterocycles. The van der Waals surface area contributed by atoms with Crippen molar-refractivity contribution in [3.8, 4) is 0 Å². The van der Waals surface area contributed by atoms with Gasteiger partial charge in [-0.2, -0.15) is 0 Å². The fourth-order valence-electron chi connectivity index (χ4n) is 0.994. The summed E-state index contributed by atoms with van der Waals surface area (Å²) in [4.78, 5) is 10.6. The average Bonchev–Trinajstić information content (AvgIpc) is 2.65. The molecule has 1 atom stereocenters. The maximum Gasteiger partial charge on any atom is 0.334 e. The van der Waals surface area contributed by atoms with Crippen molar-refractivity contribution >= 4 is 43.3 Å². The van der Waals surface area contributed by atoms with Crippen molar-refractivity contribution in [3.05, 3.63) is 15.9 Å².